The highest BCUT2D eigenvalue weighted by Crippen LogP contribution is 2.25. The van der Waals surface area contributed by atoms with Gasteiger partial charge >= 0.3 is 5.97 Å². The Hall–Kier alpha value is -2.18. The largest absolute Gasteiger partial charge is 0.423 e. The predicted molar refractivity (Wildman–Crippen MR) is 76.7 cm³/mol. The van der Waals surface area contributed by atoms with Crippen molar-refractivity contribution in [3.8, 4) is 5.75 Å². The lowest BCUT2D eigenvalue weighted by molar-refractivity contribution is 0.0734. The van der Waals surface area contributed by atoms with Crippen molar-refractivity contribution in [2.75, 3.05) is 6.54 Å². The number of ether oxygens (including phenoxy) is 1. The zero-order valence-electron chi connectivity index (χ0n) is 11.1. The van der Waals surface area contributed by atoms with Crippen molar-refractivity contribution in [2.24, 2.45) is 0 Å². The van der Waals surface area contributed by atoms with Crippen LogP contribution in [0.5, 0.6) is 5.75 Å². The summed E-state index contributed by atoms with van der Waals surface area (Å²) in [5.41, 5.74) is 1.14. The molecule has 3 rings (SSSR count). The molecule has 0 aliphatic carbocycles. The van der Waals surface area contributed by atoms with E-state index in [9.17, 15) is 13.2 Å². The molecule has 21 heavy (non-hydrogen) atoms. The van der Waals surface area contributed by atoms with Crippen molar-refractivity contribution >= 4 is 16.0 Å². The summed E-state index contributed by atoms with van der Waals surface area (Å²) in [7, 11) is -3.51. The monoisotopic (exact) mass is 303 g/mol. The molecule has 1 aliphatic rings. The van der Waals surface area contributed by atoms with Crippen LogP contribution in [0, 0.1) is 0 Å². The molecule has 5 nitrogen and oxygen atoms in total. The molecule has 2 aromatic carbocycles. The summed E-state index contributed by atoms with van der Waals surface area (Å²) >= 11 is 0. The van der Waals surface area contributed by atoms with Gasteiger partial charge in [-0.05, 0) is 30.2 Å². The van der Waals surface area contributed by atoms with Crippen LogP contribution in [0.25, 0.3) is 0 Å². The van der Waals surface area contributed by atoms with Crippen molar-refractivity contribution < 1.29 is 17.9 Å². The molecular weight excluding hydrogens is 290 g/mol. The molecule has 0 saturated carbocycles. The number of carbonyl (C=O) groups excluding carboxylic acids is 1. The molecule has 0 amide bonds. The van der Waals surface area contributed by atoms with Crippen LogP contribution in [-0.4, -0.2) is 20.9 Å². The molecule has 0 atom stereocenters. The average molecular weight is 303 g/mol. The third-order valence-electron chi connectivity index (χ3n) is 3.23. The van der Waals surface area contributed by atoms with Crippen LogP contribution in [0.1, 0.15) is 15.9 Å². The maximum atomic E-state index is 12.0. The third kappa shape index (κ3) is 2.81. The molecule has 108 valence electrons. The van der Waals surface area contributed by atoms with E-state index in [1.54, 1.807) is 42.5 Å². The fourth-order valence-electron chi connectivity index (χ4n) is 2.19. The molecule has 0 unspecified atom stereocenters. The molecule has 1 heterocycles. The van der Waals surface area contributed by atoms with Crippen molar-refractivity contribution in [1.29, 1.82) is 0 Å². The van der Waals surface area contributed by atoms with E-state index in [4.69, 9.17) is 4.74 Å². The zero-order chi connectivity index (χ0) is 14.9. The van der Waals surface area contributed by atoms with E-state index in [1.807, 2.05) is 0 Å². The van der Waals surface area contributed by atoms with Crippen molar-refractivity contribution in [3.05, 3.63) is 59.7 Å². The number of nitrogens with one attached hydrogen (secondary N) is 1. The van der Waals surface area contributed by atoms with Gasteiger partial charge in [-0.15, -0.1) is 0 Å². The quantitative estimate of drug-likeness (QED) is 0.677. The van der Waals surface area contributed by atoms with Gasteiger partial charge in [-0.2, -0.15) is 0 Å². The summed E-state index contributed by atoms with van der Waals surface area (Å²) in [6, 6.07) is 13.2. The number of benzene rings is 2. The Morgan fingerprint density at radius 3 is 2.62 bits per heavy atom. The van der Waals surface area contributed by atoms with Crippen LogP contribution in [0.3, 0.4) is 0 Å². The second-order valence-corrected chi connectivity index (χ2v) is 6.41. The molecule has 0 radical (unpaired) electrons. The minimum atomic E-state index is -3.51. The first-order chi connectivity index (χ1) is 10.1. The van der Waals surface area contributed by atoms with Crippen LogP contribution >= 0.6 is 0 Å². The third-order valence-corrected chi connectivity index (χ3v) is 4.78. The second kappa shape index (κ2) is 5.31. The fraction of sp³-hybridized carbons (Fsp3) is 0.133. The van der Waals surface area contributed by atoms with Gasteiger partial charge in [-0.3, -0.25) is 0 Å². The van der Waals surface area contributed by atoms with E-state index in [0.717, 1.165) is 5.56 Å². The smallest absolute Gasteiger partial charge is 0.343 e. The SMILES string of the molecule is O=C(Oc1ccc2c(c1)S(=O)(=O)NCC2)c1ccccc1. The highest BCUT2D eigenvalue weighted by atomic mass is 32.2. The van der Waals surface area contributed by atoms with Gasteiger partial charge in [0.1, 0.15) is 5.75 Å². The highest BCUT2D eigenvalue weighted by molar-refractivity contribution is 7.89. The van der Waals surface area contributed by atoms with E-state index in [1.165, 1.54) is 6.07 Å². The number of hydrogen-bond acceptors (Lipinski definition) is 4. The van der Waals surface area contributed by atoms with E-state index in [-0.39, 0.29) is 10.6 Å². The summed E-state index contributed by atoms with van der Waals surface area (Å²) in [6.45, 7) is 0.387. The van der Waals surface area contributed by atoms with Gasteiger partial charge in [0.05, 0.1) is 10.5 Å². The molecule has 0 bridgehead atoms. The highest BCUT2D eigenvalue weighted by Gasteiger charge is 2.23. The van der Waals surface area contributed by atoms with Crippen LogP contribution < -0.4 is 9.46 Å². The summed E-state index contributed by atoms with van der Waals surface area (Å²) in [6.07, 6.45) is 0.626. The molecule has 0 fully saturated rings. The van der Waals surface area contributed by atoms with Gasteiger partial charge in [0.2, 0.25) is 10.0 Å². The Bertz CT molecular complexity index is 785. The molecule has 0 saturated heterocycles. The van der Waals surface area contributed by atoms with E-state index in [2.05, 4.69) is 4.72 Å². The van der Waals surface area contributed by atoms with Gasteiger partial charge in [-0.25, -0.2) is 17.9 Å². The molecule has 2 aromatic rings. The minimum Gasteiger partial charge on any atom is -0.423 e. The average Bonchev–Trinajstić information content (AvgIpc) is 2.48. The first-order valence-corrected chi connectivity index (χ1v) is 7.94. The molecule has 1 aliphatic heterocycles. The van der Waals surface area contributed by atoms with Gasteiger partial charge in [0, 0.05) is 12.6 Å². The van der Waals surface area contributed by atoms with E-state index >= 15 is 0 Å². The molecule has 0 spiro atoms. The van der Waals surface area contributed by atoms with E-state index < -0.39 is 16.0 Å². The predicted octanol–water partition coefficient (Wildman–Crippen LogP) is 1.74. The van der Waals surface area contributed by atoms with Crippen molar-refractivity contribution in [3.63, 3.8) is 0 Å². The summed E-state index contributed by atoms with van der Waals surface area (Å²) in [5, 5.41) is 0. The fourth-order valence-corrected chi connectivity index (χ4v) is 3.51. The molecular formula is C15H13NO4S. The molecule has 0 aromatic heterocycles. The number of carbonyl (C=O) groups is 1. The summed E-state index contributed by atoms with van der Waals surface area (Å²) < 4.78 is 31.5. The van der Waals surface area contributed by atoms with E-state index in [0.29, 0.717) is 18.5 Å². The Kier molecular flexibility index (Phi) is 3.48. The second-order valence-electron chi connectivity index (χ2n) is 4.67. The van der Waals surface area contributed by atoms with Crippen LogP contribution in [-0.2, 0) is 16.4 Å². The van der Waals surface area contributed by atoms with Crippen molar-refractivity contribution in [1.82, 2.24) is 4.72 Å². The number of fused-ring (bicyclic) bond motifs is 1. The van der Waals surface area contributed by atoms with Crippen LogP contribution in [0.2, 0.25) is 0 Å². The first-order valence-electron chi connectivity index (χ1n) is 6.46. The Balaban J connectivity index is 1.90. The molecule has 6 heteroatoms. The van der Waals surface area contributed by atoms with Crippen LogP contribution in [0.4, 0.5) is 0 Å². The Morgan fingerprint density at radius 1 is 1.10 bits per heavy atom. The lowest BCUT2D eigenvalue weighted by atomic mass is 10.1. The number of hydrogen-bond donors (Lipinski definition) is 1. The Morgan fingerprint density at radius 2 is 1.86 bits per heavy atom. The number of esters is 1. The number of sulfonamides is 1. The maximum Gasteiger partial charge on any atom is 0.343 e. The van der Waals surface area contributed by atoms with Gasteiger partial charge in [-0.1, -0.05) is 24.3 Å². The normalized spacial score (nSPS) is 16.0. The maximum absolute atomic E-state index is 12.0. The zero-order valence-corrected chi connectivity index (χ0v) is 11.9. The summed E-state index contributed by atoms with van der Waals surface area (Å²) in [5.74, 6) is -0.299. The van der Waals surface area contributed by atoms with Gasteiger partial charge in [0.25, 0.3) is 0 Å². The standard InChI is InChI=1S/C15H13NO4S/c17-15(12-4-2-1-3-5-12)20-13-7-6-11-8-9-16-21(18,19)14(11)10-13/h1-7,10,16H,8-9H2. The lowest BCUT2D eigenvalue weighted by Gasteiger charge is -2.17. The van der Waals surface area contributed by atoms with Crippen molar-refractivity contribution in [2.45, 2.75) is 11.3 Å². The summed E-state index contributed by atoms with van der Waals surface area (Å²) in [4.78, 5) is 12.1. The topological polar surface area (TPSA) is 72.5 Å². The van der Waals surface area contributed by atoms with Crippen LogP contribution in [0.15, 0.2) is 53.4 Å². The number of rotatable bonds is 2. The van der Waals surface area contributed by atoms with Gasteiger partial charge < -0.3 is 4.74 Å². The minimum absolute atomic E-state index is 0.173. The van der Waals surface area contributed by atoms with Gasteiger partial charge in [0.15, 0.2) is 0 Å². The first kappa shape index (κ1) is 13.8. The Labute approximate surface area is 122 Å². The molecule has 1 N–H and O–H groups in total. The lowest BCUT2D eigenvalue weighted by Crippen LogP contribution is -2.31.